The number of carbonyl (C=O) groups excluding carboxylic acids is 1. The Morgan fingerprint density at radius 2 is 2.04 bits per heavy atom. The molecule has 1 saturated heterocycles. The summed E-state index contributed by atoms with van der Waals surface area (Å²) in [7, 11) is 0. The summed E-state index contributed by atoms with van der Waals surface area (Å²) in [6.07, 6.45) is 4.82. The number of fused-ring (bicyclic) bond motifs is 2. The van der Waals surface area contributed by atoms with Crippen LogP contribution in [-0.2, 0) is 4.79 Å². The van der Waals surface area contributed by atoms with Gasteiger partial charge >= 0.3 is 0 Å². The third kappa shape index (κ3) is 2.56. The number of nitrogens with zero attached hydrogens (tertiary/aromatic N) is 3. The molecule has 2 aromatic rings. The minimum absolute atomic E-state index is 0.109. The maximum Gasteiger partial charge on any atom is 0.231 e. The predicted octanol–water partition coefficient (Wildman–Crippen LogP) is 3.17. The van der Waals surface area contributed by atoms with Gasteiger partial charge in [0.15, 0.2) is 0 Å². The summed E-state index contributed by atoms with van der Waals surface area (Å²) in [5, 5.41) is 3.32. The van der Waals surface area contributed by atoms with E-state index in [-0.39, 0.29) is 17.9 Å². The van der Waals surface area contributed by atoms with Crippen LogP contribution in [0.2, 0.25) is 0 Å². The van der Waals surface area contributed by atoms with Gasteiger partial charge in [-0.2, -0.15) is 4.98 Å². The topological polar surface area (TPSA) is 58.1 Å². The third-order valence-corrected chi connectivity index (χ3v) is 4.89. The number of benzene rings is 1. The van der Waals surface area contributed by atoms with E-state index in [4.69, 9.17) is 0 Å². The van der Waals surface area contributed by atoms with Crippen molar-refractivity contribution in [3.8, 4) is 0 Å². The molecule has 2 aliphatic rings. The molecule has 3 atom stereocenters. The van der Waals surface area contributed by atoms with Crippen molar-refractivity contribution in [1.82, 2.24) is 9.97 Å². The third-order valence-electron chi connectivity index (χ3n) is 4.89. The molecule has 1 aromatic carbocycles. The quantitative estimate of drug-likeness (QED) is 0.942. The normalized spacial score (nSPS) is 24.0. The van der Waals surface area contributed by atoms with E-state index in [2.05, 4.69) is 34.3 Å². The Balaban J connectivity index is 1.54. The number of anilines is 2. The van der Waals surface area contributed by atoms with Crippen LogP contribution in [0.15, 0.2) is 42.6 Å². The van der Waals surface area contributed by atoms with E-state index in [1.807, 2.05) is 29.2 Å². The van der Waals surface area contributed by atoms with E-state index < -0.39 is 0 Å². The molecular weight excluding hydrogens is 288 g/mol. The minimum atomic E-state index is 0.109. The second kappa shape index (κ2) is 5.65. The van der Waals surface area contributed by atoms with E-state index in [1.54, 1.807) is 6.20 Å². The second-order valence-corrected chi connectivity index (χ2v) is 6.39. The number of aromatic nitrogens is 2. The zero-order chi connectivity index (χ0) is 15.8. The molecule has 1 N–H and O–H groups in total. The van der Waals surface area contributed by atoms with Crippen molar-refractivity contribution in [3.63, 3.8) is 0 Å². The molecule has 4 rings (SSSR count). The molecule has 2 fully saturated rings. The summed E-state index contributed by atoms with van der Waals surface area (Å²) < 4.78 is 0. The first-order valence-electron chi connectivity index (χ1n) is 8.20. The lowest BCUT2D eigenvalue weighted by Crippen LogP contribution is -2.37. The van der Waals surface area contributed by atoms with E-state index >= 15 is 0 Å². The smallest absolute Gasteiger partial charge is 0.231 e. The molecule has 0 radical (unpaired) electrons. The average Bonchev–Trinajstić information content (AvgIpc) is 3.17. The largest absolute Gasteiger partial charge is 0.348 e. The Bertz CT molecular complexity index is 718. The Morgan fingerprint density at radius 1 is 1.22 bits per heavy atom. The summed E-state index contributed by atoms with van der Waals surface area (Å²) in [6, 6.07) is 12.4. The Morgan fingerprint density at radius 3 is 2.78 bits per heavy atom. The lowest BCUT2D eigenvalue weighted by Gasteiger charge is -2.26. The Hall–Kier alpha value is -2.43. The summed E-state index contributed by atoms with van der Waals surface area (Å²) in [6.45, 7) is 2.08. The zero-order valence-corrected chi connectivity index (χ0v) is 13.1. The highest BCUT2D eigenvalue weighted by Gasteiger charge is 2.45. The number of piperidine rings is 1. The molecule has 1 amide bonds. The van der Waals surface area contributed by atoms with Crippen LogP contribution in [0.25, 0.3) is 0 Å². The van der Waals surface area contributed by atoms with Crippen LogP contribution >= 0.6 is 0 Å². The molecule has 118 valence electrons. The van der Waals surface area contributed by atoms with Crippen LogP contribution in [0.5, 0.6) is 0 Å². The summed E-state index contributed by atoms with van der Waals surface area (Å²) in [5.41, 5.74) is 1.18. The molecule has 5 nitrogen and oxygen atoms in total. The van der Waals surface area contributed by atoms with E-state index in [9.17, 15) is 4.79 Å². The van der Waals surface area contributed by atoms with Gasteiger partial charge < -0.3 is 5.32 Å². The van der Waals surface area contributed by atoms with Crippen molar-refractivity contribution in [2.45, 2.75) is 38.3 Å². The highest BCUT2D eigenvalue weighted by Crippen LogP contribution is 2.40. The van der Waals surface area contributed by atoms with Gasteiger partial charge in [0.05, 0.1) is 6.04 Å². The number of hydrogen-bond acceptors (Lipinski definition) is 4. The van der Waals surface area contributed by atoms with Gasteiger partial charge in [0.1, 0.15) is 5.82 Å². The first-order chi connectivity index (χ1) is 11.2. The zero-order valence-electron chi connectivity index (χ0n) is 13.1. The first kappa shape index (κ1) is 14.2. The van der Waals surface area contributed by atoms with Crippen molar-refractivity contribution in [2.24, 2.45) is 5.92 Å². The molecule has 23 heavy (non-hydrogen) atoms. The van der Waals surface area contributed by atoms with Crippen molar-refractivity contribution in [2.75, 3.05) is 10.2 Å². The number of amides is 1. The number of hydrogen-bond donors (Lipinski definition) is 1. The van der Waals surface area contributed by atoms with Gasteiger partial charge in [-0.15, -0.1) is 0 Å². The fourth-order valence-corrected chi connectivity index (χ4v) is 3.66. The van der Waals surface area contributed by atoms with Gasteiger partial charge in [-0.1, -0.05) is 30.3 Å². The fourth-order valence-electron chi connectivity index (χ4n) is 3.66. The Labute approximate surface area is 135 Å². The van der Waals surface area contributed by atoms with Crippen LogP contribution in [0.3, 0.4) is 0 Å². The summed E-state index contributed by atoms with van der Waals surface area (Å²) in [5.74, 6) is 1.71. The van der Waals surface area contributed by atoms with Crippen molar-refractivity contribution >= 4 is 17.7 Å². The molecule has 0 spiro atoms. The van der Waals surface area contributed by atoms with Crippen molar-refractivity contribution in [3.05, 3.63) is 48.2 Å². The van der Waals surface area contributed by atoms with Crippen LogP contribution in [0.1, 0.15) is 37.8 Å². The summed E-state index contributed by atoms with van der Waals surface area (Å²) >= 11 is 0. The van der Waals surface area contributed by atoms with Crippen LogP contribution in [-0.4, -0.2) is 21.9 Å². The van der Waals surface area contributed by atoms with Gasteiger partial charge in [0.2, 0.25) is 11.9 Å². The van der Waals surface area contributed by atoms with Crippen LogP contribution in [0, 0.1) is 5.92 Å². The summed E-state index contributed by atoms with van der Waals surface area (Å²) in [4.78, 5) is 23.1. The molecule has 2 bridgehead atoms. The lowest BCUT2D eigenvalue weighted by molar-refractivity contribution is -0.121. The van der Waals surface area contributed by atoms with Gasteiger partial charge in [0.25, 0.3) is 0 Å². The molecule has 0 unspecified atom stereocenters. The SMILES string of the molecule is C[C@H](Nc1nccc(N2C(=O)[C@@H]3CC[C@H]2C3)n1)c1ccccc1. The van der Waals surface area contributed by atoms with Crippen LogP contribution < -0.4 is 10.2 Å². The Kier molecular flexibility index (Phi) is 3.48. The average molecular weight is 308 g/mol. The van der Waals surface area contributed by atoms with Crippen molar-refractivity contribution in [1.29, 1.82) is 0 Å². The minimum Gasteiger partial charge on any atom is -0.348 e. The van der Waals surface area contributed by atoms with E-state index in [0.717, 1.165) is 25.1 Å². The van der Waals surface area contributed by atoms with Crippen LogP contribution in [0.4, 0.5) is 11.8 Å². The maximum absolute atomic E-state index is 12.4. The molecule has 1 aliphatic carbocycles. The molecule has 2 heterocycles. The molecule has 1 aliphatic heterocycles. The molecule has 1 aromatic heterocycles. The molecule has 5 heteroatoms. The highest BCUT2D eigenvalue weighted by atomic mass is 16.2. The molecular formula is C18H20N4O. The number of carbonyl (C=O) groups is 1. The van der Waals surface area contributed by atoms with E-state index in [0.29, 0.717) is 12.0 Å². The van der Waals surface area contributed by atoms with Gasteiger partial charge in [-0.05, 0) is 37.8 Å². The predicted molar refractivity (Wildman–Crippen MR) is 89.1 cm³/mol. The van der Waals surface area contributed by atoms with E-state index in [1.165, 1.54) is 5.56 Å². The first-order valence-corrected chi connectivity index (χ1v) is 8.20. The number of rotatable bonds is 4. The second-order valence-electron chi connectivity index (χ2n) is 6.39. The molecule has 1 saturated carbocycles. The van der Waals surface area contributed by atoms with Gasteiger partial charge in [0, 0.05) is 18.2 Å². The maximum atomic E-state index is 12.4. The monoisotopic (exact) mass is 308 g/mol. The number of nitrogens with one attached hydrogen (secondary N) is 1. The lowest BCUT2D eigenvalue weighted by atomic mass is 10.1. The van der Waals surface area contributed by atoms with Crippen molar-refractivity contribution < 1.29 is 4.79 Å². The fraction of sp³-hybridized carbons (Fsp3) is 0.389. The van der Waals surface area contributed by atoms with Gasteiger partial charge in [-0.3, -0.25) is 9.69 Å². The standard InChI is InChI=1S/C18H20N4O/c1-12(13-5-3-2-4-6-13)20-18-19-10-9-16(21-18)22-15-8-7-14(11-15)17(22)23/h2-6,9-10,12,14-15H,7-8,11H2,1H3,(H,19,20,21)/t12-,14+,15-/m0/s1. The highest BCUT2D eigenvalue weighted by molar-refractivity contribution is 5.98. The van der Waals surface area contributed by atoms with Gasteiger partial charge in [-0.25, -0.2) is 4.98 Å².